The lowest BCUT2D eigenvalue weighted by Gasteiger charge is -2.63. The van der Waals surface area contributed by atoms with E-state index in [1.54, 1.807) is 6.92 Å². The lowest BCUT2D eigenvalue weighted by Crippen LogP contribution is -2.81. The van der Waals surface area contributed by atoms with E-state index in [-0.39, 0.29) is 11.9 Å². The summed E-state index contributed by atoms with van der Waals surface area (Å²) in [5.74, 6) is -1.09. The fourth-order valence-corrected chi connectivity index (χ4v) is 5.31. The Morgan fingerprint density at radius 2 is 1.87 bits per heavy atom. The number of hydrogen-bond acceptors (Lipinski definition) is 7. The summed E-state index contributed by atoms with van der Waals surface area (Å²) in [4.78, 5) is 27.1. The number of rotatable bonds is 11. The Balaban J connectivity index is 2.47. The van der Waals surface area contributed by atoms with Crippen molar-refractivity contribution in [2.75, 3.05) is 26.8 Å². The number of nitrogens with zero attached hydrogens (tertiary/aromatic N) is 1. The Kier molecular flexibility index (Phi) is 7.75. The summed E-state index contributed by atoms with van der Waals surface area (Å²) in [5.41, 5.74) is -1.89. The van der Waals surface area contributed by atoms with Gasteiger partial charge in [-0.05, 0) is 38.0 Å². The molecule has 0 aliphatic carbocycles. The van der Waals surface area contributed by atoms with Crippen LogP contribution in [0.4, 0.5) is 0 Å². The monoisotopic (exact) mass is 425 g/mol. The number of aliphatic hydroxyl groups is 1. The molecular formula is C23H39NO6. The molecule has 0 spiro atoms. The van der Waals surface area contributed by atoms with Gasteiger partial charge in [-0.1, -0.05) is 40.7 Å². The molecule has 30 heavy (non-hydrogen) atoms. The number of methoxy groups -OCH3 is 1. The zero-order valence-corrected chi connectivity index (χ0v) is 19.5. The van der Waals surface area contributed by atoms with Gasteiger partial charge in [-0.3, -0.25) is 9.69 Å². The minimum atomic E-state index is -1.13. The van der Waals surface area contributed by atoms with Crippen LogP contribution < -0.4 is 0 Å². The highest BCUT2D eigenvalue weighted by molar-refractivity contribution is 5.87. The van der Waals surface area contributed by atoms with Crippen molar-refractivity contribution in [3.05, 3.63) is 12.2 Å². The van der Waals surface area contributed by atoms with Gasteiger partial charge in [0.25, 0.3) is 0 Å². The molecule has 5 unspecified atom stereocenters. The Hall–Kier alpha value is -1.44. The highest BCUT2D eigenvalue weighted by Crippen LogP contribution is 2.61. The van der Waals surface area contributed by atoms with Gasteiger partial charge in [0.15, 0.2) is 6.29 Å². The van der Waals surface area contributed by atoms with Crippen molar-refractivity contribution in [2.45, 2.75) is 84.2 Å². The number of ether oxygens (including phenoxy) is 3. The Bertz CT molecular complexity index is 666. The maximum Gasteiger partial charge on any atom is 0.333 e. The fraction of sp³-hybridized carbons (Fsp3) is 0.826. The van der Waals surface area contributed by atoms with Crippen molar-refractivity contribution in [2.24, 2.45) is 11.3 Å². The van der Waals surface area contributed by atoms with E-state index >= 15 is 0 Å². The molecule has 7 heteroatoms. The average molecular weight is 426 g/mol. The molecule has 2 fully saturated rings. The van der Waals surface area contributed by atoms with Gasteiger partial charge in [-0.25, -0.2) is 4.79 Å². The molecule has 0 aromatic heterocycles. The van der Waals surface area contributed by atoms with Crippen LogP contribution in [0.5, 0.6) is 0 Å². The van der Waals surface area contributed by atoms with Gasteiger partial charge in [0.1, 0.15) is 11.1 Å². The van der Waals surface area contributed by atoms with Crippen molar-refractivity contribution in [3.8, 4) is 0 Å². The molecule has 2 heterocycles. The largest absolute Gasteiger partial charge is 0.469 e. The first-order valence-corrected chi connectivity index (χ1v) is 11.1. The highest BCUT2D eigenvalue weighted by atomic mass is 16.6. The van der Waals surface area contributed by atoms with Crippen LogP contribution in [0.2, 0.25) is 0 Å². The zero-order valence-electron chi connectivity index (χ0n) is 19.5. The first-order chi connectivity index (χ1) is 14.1. The van der Waals surface area contributed by atoms with E-state index in [4.69, 9.17) is 14.2 Å². The van der Waals surface area contributed by atoms with Gasteiger partial charge < -0.3 is 19.3 Å². The number of carbonyl (C=O) groups excluding carboxylic acids is 2. The predicted molar refractivity (Wildman–Crippen MR) is 114 cm³/mol. The number of aliphatic hydroxyl groups excluding tert-OH is 1. The minimum Gasteiger partial charge on any atom is -0.469 e. The van der Waals surface area contributed by atoms with Crippen molar-refractivity contribution in [1.82, 2.24) is 4.90 Å². The summed E-state index contributed by atoms with van der Waals surface area (Å²) in [6.07, 6.45) is 2.40. The molecule has 1 N–H and O–H groups in total. The molecule has 0 bridgehead atoms. The number of hydrogen-bond donors (Lipinski definition) is 1. The molecule has 0 radical (unpaired) electrons. The molecule has 0 aromatic carbocycles. The van der Waals surface area contributed by atoms with Gasteiger partial charge >= 0.3 is 11.9 Å². The summed E-state index contributed by atoms with van der Waals surface area (Å²) in [7, 11) is 1.40. The van der Waals surface area contributed by atoms with Crippen molar-refractivity contribution in [3.63, 3.8) is 0 Å². The van der Waals surface area contributed by atoms with E-state index < -0.39 is 28.8 Å². The Labute approximate surface area is 180 Å². The summed E-state index contributed by atoms with van der Waals surface area (Å²) in [5, 5.41) is 11.3. The van der Waals surface area contributed by atoms with E-state index in [2.05, 4.69) is 25.3 Å². The van der Waals surface area contributed by atoms with Crippen LogP contribution in [0.1, 0.15) is 66.7 Å². The fourth-order valence-electron chi connectivity index (χ4n) is 5.31. The van der Waals surface area contributed by atoms with Crippen molar-refractivity contribution in [1.29, 1.82) is 0 Å². The second-order valence-corrected chi connectivity index (χ2v) is 9.01. The summed E-state index contributed by atoms with van der Waals surface area (Å²) in [6.45, 7) is 14.8. The quantitative estimate of drug-likeness (QED) is 0.236. The molecule has 0 aromatic rings. The summed E-state index contributed by atoms with van der Waals surface area (Å²) >= 11 is 0. The van der Waals surface area contributed by atoms with E-state index in [1.807, 2.05) is 13.8 Å². The molecule has 5 atom stereocenters. The number of esters is 2. The van der Waals surface area contributed by atoms with Crippen LogP contribution in [0.3, 0.4) is 0 Å². The smallest absolute Gasteiger partial charge is 0.333 e. The first kappa shape index (κ1) is 24.8. The van der Waals surface area contributed by atoms with E-state index in [9.17, 15) is 14.7 Å². The molecule has 2 aliphatic heterocycles. The van der Waals surface area contributed by atoms with E-state index in [1.165, 1.54) is 7.11 Å². The highest BCUT2D eigenvalue weighted by Gasteiger charge is 2.76. The van der Waals surface area contributed by atoms with Gasteiger partial charge in [-0.2, -0.15) is 0 Å². The summed E-state index contributed by atoms with van der Waals surface area (Å²) < 4.78 is 16.9. The molecule has 0 amide bonds. The third kappa shape index (κ3) is 3.80. The molecule has 0 saturated carbocycles. The third-order valence-electron chi connectivity index (χ3n) is 7.49. The lowest BCUT2D eigenvalue weighted by atomic mass is 9.62. The van der Waals surface area contributed by atoms with Crippen LogP contribution in [0.15, 0.2) is 12.2 Å². The van der Waals surface area contributed by atoms with Crippen molar-refractivity contribution < 1.29 is 28.9 Å². The van der Waals surface area contributed by atoms with Crippen LogP contribution >= 0.6 is 0 Å². The standard InChI is InChI=1S/C23H39NO6/c1-8-11-12-29-20(27)23-13-21(9-2,17(6)19(26)28-7)14-24(23)15-22(23,10-3)30-18(25)16(4)5/h17,20,27H,4,8-15H2,1-3,5-7H3. The number of carbonyl (C=O) groups is 2. The second-order valence-electron chi connectivity index (χ2n) is 9.01. The maximum atomic E-state index is 12.5. The molecule has 2 saturated heterocycles. The molecule has 172 valence electrons. The lowest BCUT2D eigenvalue weighted by molar-refractivity contribution is -0.301. The number of unbranched alkanes of at least 4 members (excludes halogenated alkanes) is 1. The Morgan fingerprint density at radius 1 is 1.20 bits per heavy atom. The van der Waals surface area contributed by atoms with Crippen molar-refractivity contribution >= 4 is 11.9 Å². The molecule has 2 rings (SSSR count). The van der Waals surface area contributed by atoms with Gasteiger partial charge in [-0.15, -0.1) is 0 Å². The SMILES string of the molecule is C=C(C)C(=O)OC1(CC)CN2CC(CC)(C(C)C(=O)OC)CC21C(O)OCCCC. The van der Waals surface area contributed by atoms with E-state index in [0.29, 0.717) is 38.1 Å². The van der Waals surface area contributed by atoms with Crippen LogP contribution in [-0.4, -0.2) is 66.2 Å². The predicted octanol–water partition coefficient (Wildman–Crippen LogP) is 3.05. The van der Waals surface area contributed by atoms with Gasteiger partial charge in [0.2, 0.25) is 0 Å². The molecule has 7 nitrogen and oxygen atoms in total. The molecular weight excluding hydrogens is 386 g/mol. The third-order valence-corrected chi connectivity index (χ3v) is 7.49. The number of fused-ring (bicyclic) bond motifs is 1. The zero-order chi connectivity index (χ0) is 22.7. The maximum absolute atomic E-state index is 12.5. The normalized spacial score (nSPS) is 32.6. The second kappa shape index (κ2) is 9.37. The average Bonchev–Trinajstić information content (AvgIpc) is 3.02. The topological polar surface area (TPSA) is 85.3 Å². The van der Waals surface area contributed by atoms with Crippen LogP contribution in [-0.2, 0) is 23.8 Å². The molecule has 2 aliphatic rings. The van der Waals surface area contributed by atoms with Crippen LogP contribution in [0, 0.1) is 11.3 Å². The van der Waals surface area contributed by atoms with Gasteiger partial charge in [0, 0.05) is 25.3 Å². The van der Waals surface area contributed by atoms with Crippen LogP contribution in [0.25, 0.3) is 0 Å². The minimum absolute atomic E-state index is 0.267. The van der Waals surface area contributed by atoms with Gasteiger partial charge in [0.05, 0.1) is 13.0 Å². The summed E-state index contributed by atoms with van der Waals surface area (Å²) in [6, 6.07) is 0. The van der Waals surface area contributed by atoms with E-state index in [0.717, 1.165) is 19.3 Å². The Morgan fingerprint density at radius 3 is 2.37 bits per heavy atom. The first-order valence-electron chi connectivity index (χ1n) is 11.1.